The van der Waals surface area contributed by atoms with Crippen molar-refractivity contribution in [2.24, 2.45) is 5.73 Å². The SMILES string of the molecule is Cc1csc(C(C)NS(=O)(=O)c2ccccc2CN)n1. The second-order valence-electron chi connectivity index (χ2n) is 4.48. The summed E-state index contributed by atoms with van der Waals surface area (Å²) in [5.41, 5.74) is 7.08. The van der Waals surface area contributed by atoms with E-state index in [1.165, 1.54) is 11.3 Å². The summed E-state index contributed by atoms with van der Waals surface area (Å²) in [6.45, 7) is 3.84. The molecule has 108 valence electrons. The lowest BCUT2D eigenvalue weighted by molar-refractivity contribution is 0.565. The number of aryl methyl sites for hydroxylation is 1. The summed E-state index contributed by atoms with van der Waals surface area (Å²) in [6.07, 6.45) is 0. The van der Waals surface area contributed by atoms with Crippen LogP contribution in [-0.4, -0.2) is 13.4 Å². The van der Waals surface area contributed by atoms with Gasteiger partial charge < -0.3 is 5.73 Å². The third-order valence-electron chi connectivity index (χ3n) is 2.82. The fraction of sp³-hybridized carbons (Fsp3) is 0.308. The third kappa shape index (κ3) is 3.24. The lowest BCUT2D eigenvalue weighted by atomic mass is 10.2. The highest BCUT2D eigenvalue weighted by Crippen LogP contribution is 2.21. The van der Waals surface area contributed by atoms with Crippen LogP contribution in [-0.2, 0) is 16.6 Å². The Bertz CT molecular complexity index is 695. The van der Waals surface area contributed by atoms with E-state index in [1.807, 2.05) is 12.3 Å². The van der Waals surface area contributed by atoms with E-state index < -0.39 is 10.0 Å². The average Bonchev–Trinajstić information content (AvgIpc) is 2.85. The lowest BCUT2D eigenvalue weighted by Gasteiger charge is -2.14. The summed E-state index contributed by atoms with van der Waals surface area (Å²) in [7, 11) is -3.60. The first-order chi connectivity index (χ1) is 9.44. The molecule has 0 saturated carbocycles. The van der Waals surface area contributed by atoms with Crippen LogP contribution in [0.25, 0.3) is 0 Å². The van der Waals surface area contributed by atoms with Gasteiger partial charge in [-0.25, -0.2) is 18.1 Å². The van der Waals surface area contributed by atoms with Crippen LogP contribution >= 0.6 is 11.3 Å². The van der Waals surface area contributed by atoms with Crippen LogP contribution in [0.3, 0.4) is 0 Å². The van der Waals surface area contributed by atoms with E-state index >= 15 is 0 Å². The van der Waals surface area contributed by atoms with Crippen molar-refractivity contribution >= 4 is 21.4 Å². The highest BCUT2D eigenvalue weighted by atomic mass is 32.2. The Labute approximate surface area is 122 Å². The van der Waals surface area contributed by atoms with Gasteiger partial charge in [-0.3, -0.25) is 0 Å². The molecule has 0 bridgehead atoms. The molecule has 2 rings (SSSR count). The van der Waals surface area contributed by atoms with Gasteiger partial charge in [0.05, 0.1) is 10.9 Å². The maximum Gasteiger partial charge on any atom is 0.241 e. The van der Waals surface area contributed by atoms with Gasteiger partial charge in [-0.05, 0) is 25.5 Å². The van der Waals surface area contributed by atoms with E-state index in [4.69, 9.17) is 5.73 Å². The van der Waals surface area contributed by atoms with E-state index in [0.29, 0.717) is 5.56 Å². The number of nitrogens with two attached hydrogens (primary N) is 1. The standard InChI is InChI=1S/C13H17N3O2S2/c1-9-8-19-13(15-9)10(2)16-20(17,18)12-6-4-3-5-11(12)7-14/h3-6,8,10,16H,7,14H2,1-2H3. The van der Waals surface area contributed by atoms with Crippen LogP contribution in [0.15, 0.2) is 34.5 Å². The second kappa shape index (κ2) is 6.01. The monoisotopic (exact) mass is 311 g/mol. The van der Waals surface area contributed by atoms with Crippen molar-refractivity contribution in [3.63, 3.8) is 0 Å². The first-order valence-corrected chi connectivity index (χ1v) is 8.52. The van der Waals surface area contributed by atoms with E-state index in [2.05, 4.69) is 9.71 Å². The van der Waals surface area contributed by atoms with Crippen LogP contribution < -0.4 is 10.5 Å². The number of nitrogens with one attached hydrogen (secondary N) is 1. The van der Waals surface area contributed by atoms with Gasteiger partial charge in [-0.1, -0.05) is 18.2 Å². The number of hydrogen-bond acceptors (Lipinski definition) is 5. The second-order valence-corrected chi connectivity index (χ2v) is 7.05. The number of benzene rings is 1. The van der Waals surface area contributed by atoms with Crippen molar-refractivity contribution in [3.05, 3.63) is 45.9 Å². The van der Waals surface area contributed by atoms with Gasteiger partial charge in [0, 0.05) is 17.6 Å². The van der Waals surface area contributed by atoms with Crippen LogP contribution in [0, 0.1) is 6.92 Å². The molecule has 1 unspecified atom stereocenters. The third-order valence-corrected chi connectivity index (χ3v) is 5.61. The minimum atomic E-state index is -3.60. The van der Waals surface area contributed by atoms with Crippen LogP contribution in [0.1, 0.15) is 29.2 Å². The summed E-state index contributed by atoms with van der Waals surface area (Å²) < 4.78 is 27.5. The van der Waals surface area contributed by atoms with Gasteiger partial charge in [0.25, 0.3) is 0 Å². The number of sulfonamides is 1. The Kier molecular flexibility index (Phi) is 4.54. The molecule has 20 heavy (non-hydrogen) atoms. The molecule has 0 spiro atoms. The van der Waals surface area contributed by atoms with E-state index in [1.54, 1.807) is 31.2 Å². The maximum absolute atomic E-state index is 12.4. The molecule has 0 aliphatic heterocycles. The Morgan fingerprint density at radius 3 is 2.70 bits per heavy atom. The number of nitrogens with zero attached hydrogens (tertiary/aromatic N) is 1. The molecule has 1 aromatic carbocycles. The van der Waals surface area contributed by atoms with E-state index in [-0.39, 0.29) is 17.5 Å². The molecule has 0 fully saturated rings. The fourth-order valence-electron chi connectivity index (χ4n) is 1.85. The molecule has 5 nitrogen and oxygen atoms in total. The number of aromatic nitrogens is 1. The van der Waals surface area contributed by atoms with Crippen LogP contribution in [0.4, 0.5) is 0 Å². The summed E-state index contributed by atoms with van der Waals surface area (Å²) in [5.74, 6) is 0. The minimum absolute atomic E-state index is 0.182. The van der Waals surface area contributed by atoms with Gasteiger partial charge in [-0.2, -0.15) is 0 Å². The molecule has 0 radical (unpaired) electrons. The summed E-state index contributed by atoms with van der Waals surface area (Å²) in [4.78, 5) is 4.52. The normalized spacial score (nSPS) is 13.3. The molecule has 2 aromatic rings. The van der Waals surface area contributed by atoms with Crippen LogP contribution in [0.2, 0.25) is 0 Å². The fourth-order valence-corrected chi connectivity index (χ4v) is 4.19. The molecule has 3 N–H and O–H groups in total. The molecular formula is C13H17N3O2S2. The summed E-state index contributed by atoms with van der Waals surface area (Å²) in [6, 6.07) is 6.36. The molecule has 1 atom stereocenters. The highest BCUT2D eigenvalue weighted by molar-refractivity contribution is 7.89. The van der Waals surface area contributed by atoms with Crippen molar-refractivity contribution in [2.45, 2.75) is 31.3 Å². The zero-order valence-electron chi connectivity index (χ0n) is 11.3. The average molecular weight is 311 g/mol. The van der Waals surface area contributed by atoms with Gasteiger partial charge in [0.1, 0.15) is 5.01 Å². The Morgan fingerprint density at radius 1 is 1.40 bits per heavy atom. The molecular weight excluding hydrogens is 294 g/mol. The number of hydrogen-bond donors (Lipinski definition) is 2. The number of rotatable bonds is 5. The molecule has 7 heteroatoms. The molecule has 0 aliphatic rings. The van der Waals surface area contributed by atoms with Crippen molar-refractivity contribution < 1.29 is 8.42 Å². The minimum Gasteiger partial charge on any atom is -0.326 e. The molecule has 1 heterocycles. The lowest BCUT2D eigenvalue weighted by Crippen LogP contribution is -2.28. The van der Waals surface area contributed by atoms with E-state index in [0.717, 1.165) is 10.7 Å². The van der Waals surface area contributed by atoms with Crippen molar-refractivity contribution in [1.29, 1.82) is 0 Å². The molecule has 0 aliphatic carbocycles. The smallest absolute Gasteiger partial charge is 0.241 e. The first kappa shape index (κ1) is 15.1. The first-order valence-electron chi connectivity index (χ1n) is 6.16. The summed E-state index contributed by atoms with van der Waals surface area (Å²) >= 11 is 1.44. The number of thiazole rings is 1. The Hall–Kier alpha value is -1.28. The maximum atomic E-state index is 12.4. The molecule has 0 amide bonds. The van der Waals surface area contributed by atoms with Crippen molar-refractivity contribution in [2.75, 3.05) is 0 Å². The predicted molar refractivity (Wildman–Crippen MR) is 79.9 cm³/mol. The highest BCUT2D eigenvalue weighted by Gasteiger charge is 2.22. The van der Waals surface area contributed by atoms with Gasteiger partial charge >= 0.3 is 0 Å². The van der Waals surface area contributed by atoms with E-state index in [9.17, 15) is 8.42 Å². The summed E-state index contributed by atoms with van der Waals surface area (Å²) in [5, 5.41) is 2.64. The zero-order chi connectivity index (χ0) is 14.8. The molecule has 1 aromatic heterocycles. The Balaban J connectivity index is 2.27. The largest absolute Gasteiger partial charge is 0.326 e. The quantitative estimate of drug-likeness (QED) is 0.884. The molecule has 0 saturated heterocycles. The Morgan fingerprint density at radius 2 is 2.10 bits per heavy atom. The van der Waals surface area contributed by atoms with Gasteiger partial charge in [0.15, 0.2) is 0 Å². The van der Waals surface area contributed by atoms with Gasteiger partial charge in [-0.15, -0.1) is 11.3 Å². The predicted octanol–water partition coefficient (Wildman–Crippen LogP) is 1.95. The van der Waals surface area contributed by atoms with Crippen molar-refractivity contribution in [3.8, 4) is 0 Å². The van der Waals surface area contributed by atoms with Gasteiger partial charge in [0.2, 0.25) is 10.0 Å². The zero-order valence-corrected chi connectivity index (χ0v) is 13.0. The van der Waals surface area contributed by atoms with Crippen LogP contribution in [0.5, 0.6) is 0 Å². The topological polar surface area (TPSA) is 85.1 Å². The van der Waals surface area contributed by atoms with Crippen molar-refractivity contribution in [1.82, 2.24) is 9.71 Å².